The van der Waals surface area contributed by atoms with E-state index in [-0.39, 0.29) is 0 Å². The van der Waals surface area contributed by atoms with Crippen LogP contribution in [-0.4, -0.2) is 48.7 Å². The highest BCUT2D eigenvalue weighted by atomic mass is 16.5. The lowest BCUT2D eigenvalue weighted by Gasteiger charge is -2.04. The molecule has 0 rings (SSSR count). The monoisotopic (exact) mass is 233 g/mol. The number of carboxylic acids is 1. The average molecular weight is 233 g/mol. The lowest BCUT2D eigenvalue weighted by atomic mass is 10.6. The highest BCUT2D eigenvalue weighted by Gasteiger charge is 2.08. The summed E-state index contributed by atoms with van der Waals surface area (Å²) in [5, 5.41) is 12.0. The fourth-order valence-electron chi connectivity index (χ4n) is 0.605. The summed E-state index contributed by atoms with van der Waals surface area (Å²) in [4.78, 5) is 41.9. The van der Waals surface area contributed by atoms with Gasteiger partial charge in [-0.1, -0.05) is 0 Å². The number of carboxylic acid groups (broad SMARTS) is 1. The number of carbonyl (C=O) groups excluding carboxylic acids is 3. The third-order valence-corrected chi connectivity index (χ3v) is 1.13. The lowest BCUT2D eigenvalue weighted by Crippen LogP contribution is -2.44. The van der Waals surface area contributed by atoms with Crippen molar-refractivity contribution in [2.45, 2.75) is 0 Å². The number of urea groups is 1. The molecule has 9 nitrogen and oxygen atoms in total. The van der Waals surface area contributed by atoms with E-state index in [0.717, 1.165) is 0 Å². The number of carbonyl (C=O) groups is 4. The third kappa shape index (κ3) is 8.44. The zero-order chi connectivity index (χ0) is 12.6. The van der Waals surface area contributed by atoms with Gasteiger partial charge >= 0.3 is 12.0 Å². The van der Waals surface area contributed by atoms with Gasteiger partial charge in [0.25, 0.3) is 5.91 Å². The number of hydrogen-bond donors (Lipinski definition) is 4. The summed E-state index contributed by atoms with van der Waals surface area (Å²) in [5.74, 6) is -2.82. The summed E-state index contributed by atoms with van der Waals surface area (Å²) in [6, 6.07) is -0.914. The van der Waals surface area contributed by atoms with Crippen LogP contribution in [0.4, 0.5) is 4.79 Å². The van der Waals surface area contributed by atoms with Gasteiger partial charge in [0.1, 0.15) is 13.2 Å². The van der Waals surface area contributed by atoms with E-state index < -0.39 is 43.6 Å². The summed E-state index contributed by atoms with van der Waals surface area (Å²) in [5.41, 5.74) is 4.73. The topological polar surface area (TPSA) is 148 Å². The van der Waals surface area contributed by atoms with E-state index in [1.165, 1.54) is 0 Å². The second-order valence-corrected chi connectivity index (χ2v) is 2.58. The number of ether oxygens (including phenoxy) is 1. The molecule has 4 amide bonds. The van der Waals surface area contributed by atoms with Gasteiger partial charge in [-0.3, -0.25) is 14.9 Å². The molecule has 0 bridgehead atoms. The predicted octanol–water partition coefficient (Wildman–Crippen LogP) is -2.60. The van der Waals surface area contributed by atoms with Gasteiger partial charge in [0.05, 0.1) is 6.54 Å². The van der Waals surface area contributed by atoms with Gasteiger partial charge in [-0.2, -0.15) is 0 Å². The van der Waals surface area contributed by atoms with Crippen molar-refractivity contribution in [3.8, 4) is 0 Å². The fraction of sp³-hybridized carbons (Fsp3) is 0.429. The molecule has 0 radical (unpaired) electrons. The molecular formula is C7H11N3O6. The molecule has 9 heteroatoms. The van der Waals surface area contributed by atoms with Gasteiger partial charge in [0.2, 0.25) is 5.91 Å². The van der Waals surface area contributed by atoms with Crippen LogP contribution in [0.2, 0.25) is 0 Å². The minimum atomic E-state index is -1.23. The summed E-state index contributed by atoms with van der Waals surface area (Å²) in [7, 11) is 0. The largest absolute Gasteiger partial charge is 0.480 e. The van der Waals surface area contributed by atoms with Gasteiger partial charge in [0, 0.05) is 0 Å². The number of nitrogens with one attached hydrogen (secondary N) is 2. The van der Waals surface area contributed by atoms with Crippen LogP contribution < -0.4 is 16.4 Å². The maximum atomic E-state index is 10.9. The highest BCUT2D eigenvalue weighted by molar-refractivity contribution is 5.96. The van der Waals surface area contributed by atoms with Crippen molar-refractivity contribution < 1.29 is 29.0 Å². The first-order valence-electron chi connectivity index (χ1n) is 4.07. The fourth-order valence-corrected chi connectivity index (χ4v) is 0.605. The average Bonchev–Trinajstić information content (AvgIpc) is 2.14. The van der Waals surface area contributed by atoms with Crippen molar-refractivity contribution in [3.05, 3.63) is 0 Å². The Hall–Kier alpha value is -2.16. The third-order valence-electron chi connectivity index (χ3n) is 1.13. The Kier molecular flexibility index (Phi) is 6.21. The van der Waals surface area contributed by atoms with Crippen molar-refractivity contribution in [2.24, 2.45) is 5.73 Å². The van der Waals surface area contributed by atoms with E-state index in [4.69, 9.17) is 10.8 Å². The van der Waals surface area contributed by atoms with E-state index in [0.29, 0.717) is 0 Å². The van der Waals surface area contributed by atoms with Crippen LogP contribution in [-0.2, 0) is 19.1 Å². The van der Waals surface area contributed by atoms with Crippen molar-refractivity contribution in [1.82, 2.24) is 10.6 Å². The number of amides is 4. The molecule has 5 N–H and O–H groups in total. The molecule has 0 unspecified atom stereocenters. The molecule has 0 heterocycles. The van der Waals surface area contributed by atoms with Crippen LogP contribution in [0.25, 0.3) is 0 Å². The number of imide groups is 1. The van der Waals surface area contributed by atoms with E-state index in [1.54, 1.807) is 5.32 Å². The van der Waals surface area contributed by atoms with Gasteiger partial charge in [-0.25, -0.2) is 9.59 Å². The highest BCUT2D eigenvalue weighted by Crippen LogP contribution is 1.76. The van der Waals surface area contributed by atoms with Crippen LogP contribution in [0.3, 0.4) is 0 Å². The first-order chi connectivity index (χ1) is 7.41. The summed E-state index contributed by atoms with van der Waals surface area (Å²) < 4.78 is 4.40. The number of hydrogen-bond acceptors (Lipinski definition) is 5. The number of rotatable bonds is 6. The molecule has 0 saturated carbocycles. The Balaban J connectivity index is 3.66. The van der Waals surface area contributed by atoms with Crippen molar-refractivity contribution in [3.63, 3.8) is 0 Å². The molecule has 0 aromatic rings. The van der Waals surface area contributed by atoms with Crippen LogP contribution in [0.5, 0.6) is 0 Å². The molecule has 16 heavy (non-hydrogen) atoms. The van der Waals surface area contributed by atoms with Crippen LogP contribution in [0, 0.1) is 0 Å². The molecule has 0 atom stereocenters. The van der Waals surface area contributed by atoms with Gasteiger partial charge in [-0.05, 0) is 0 Å². The van der Waals surface area contributed by atoms with Crippen molar-refractivity contribution in [2.75, 3.05) is 19.8 Å². The van der Waals surface area contributed by atoms with Crippen molar-refractivity contribution >= 4 is 23.8 Å². The number of aliphatic carboxylic acids is 1. The van der Waals surface area contributed by atoms with Crippen LogP contribution in [0.15, 0.2) is 0 Å². The number of primary amides is 1. The lowest BCUT2D eigenvalue weighted by molar-refractivity contribution is -0.143. The maximum Gasteiger partial charge on any atom is 0.329 e. The zero-order valence-electron chi connectivity index (χ0n) is 8.19. The molecule has 0 aliphatic carbocycles. The summed E-state index contributed by atoms with van der Waals surface area (Å²) in [6.07, 6.45) is 0. The number of nitrogens with two attached hydrogens (primary N) is 1. The predicted molar refractivity (Wildman–Crippen MR) is 49.2 cm³/mol. The van der Waals surface area contributed by atoms with Gasteiger partial charge in [0.15, 0.2) is 0 Å². The first-order valence-corrected chi connectivity index (χ1v) is 4.07. The molecular weight excluding hydrogens is 222 g/mol. The molecule has 0 aliphatic rings. The van der Waals surface area contributed by atoms with E-state index in [9.17, 15) is 19.2 Å². The minimum absolute atomic E-state index is 0.408. The van der Waals surface area contributed by atoms with E-state index in [1.807, 2.05) is 5.32 Å². The van der Waals surface area contributed by atoms with Gasteiger partial charge < -0.3 is 20.9 Å². The Morgan fingerprint density at radius 1 is 1.19 bits per heavy atom. The molecule has 90 valence electrons. The van der Waals surface area contributed by atoms with Crippen LogP contribution >= 0.6 is 0 Å². The van der Waals surface area contributed by atoms with E-state index >= 15 is 0 Å². The molecule has 0 aromatic carbocycles. The Bertz CT molecular complexity index is 302. The second kappa shape index (κ2) is 7.17. The quantitative estimate of drug-likeness (QED) is 0.395. The smallest absolute Gasteiger partial charge is 0.329 e. The summed E-state index contributed by atoms with van der Waals surface area (Å²) >= 11 is 0. The van der Waals surface area contributed by atoms with Crippen LogP contribution in [0.1, 0.15) is 0 Å². The van der Waals surface area contributed by atoms with Crippen molar-refractivity contribution in [1.29, 1.82) is 0 Å². The standard InChI is InChI=1S/C7H11N3O6/c8-4(11)1-9-7(15)10-5(12)2-16-3-6(13)14/h1-3H2,(H2,8,11)(H,13,14)(H2,9,10,12,15). The van der Waals surface area contributed by atoms with Gasteiger partial charge in [-0.15, -0.1) is 0 Å². The molecule has 0 aromatic heterocycles. The Morgan fingerprint density at radius 3 is 2.31 bits per heavy atom. The Labute approximate surface area is 89.9 Å². The maximum absolute atomic E-state index is 10.9. The SMILES string of the molecule is NC(=O)CNC(=O)NC(=O)COCC(=O)O. The van der Waals surface area contributed by atoms with E-state index in [2.05, 4.69) is 4.74 Å². The molecule has 0 aliphatic heterocycles. The summed E-state index contributed by atoms with van der Waals surface area (Å²) in [6.45, 7) is -1.62. The normalized spacial score (nSPS) is 9.25. The molecule has 0 fully saturated rings. The Morgan fingerprint density at radius 2 is 1.81 bits per heavy atom. The molecule has 0 spiro atoms. The zero-order valence-corrected chi connectivity index (χ0v) is 8.19. The first kappa shape index (κ1) is 13.8. The minimum Gasteiger partial charge on any atom is -0.480 e. The second-order valence-electron chi connectivity index (χ2n) is 2.58. The molecule has 0 saturated heterocycles.